The van der Waals surface area contributed by atoms with Gasteiger partial charge in [0, 0.05) is 18.7 Å². The zero-order chi connectivity index (χ0) is 16.6. The molecule has 23 heavy (non-hydrogen) atoms. The third kappa shape index (κ3) is 2.97. The van der Waals surface area contributed by atoms with E-state index in [1.165, 1.54) is 16.7 Å². The summed E-state index contributed by atoms with van der Waals surface area (Å²) in [5, 5.41) is 9.07. The van der Waals surface area contributed by atoms with Crippen LogP contribution in [0, 0.1) is 19.8 Å². The number of nitrogens with zero attached hydrogens (tertiary/aromatic N) is 1. The van der Waals surface area contributed by atoms with Gasteiger partial charge in [0.2, 0.25) is 5.91 Å². The van der Waals surface area contributed by atoms with E-state index in [-0.39, 0.29) is 18.9 Å². The predicted molar refractivity (Wildman–Crippen MR) is 89.4 cm³/mol. The van der Waals surface area contributed by atoms with E-state index in [2.05, 4.69) is 32.0 Å². The van der Waals surface area contributed by atoms with Crippen LogP contribution in [-0.4, -0.2) is 23.5 Å². The highest BCUT2D eigenvalue weighted by Gasteiger charge is 2.34. The van der Waals surface area contributed by atoms with Gasteiger partial charge in [0.1, 0.15) is 0 Å². The molecule has 0 spiro atoms. The van der Waals surface area contributed by atoms with Gasteiger partial charge < -0.3 is 10.0 Å². The number of hydrogen-bond donors (Lipinski definition) is 1. The summed E-state index contributed by atoms with van der Waals surface area (Å²) in [5.41, 5.74) is 5.43. The van der Waals surface area contributed by atoms with Gasteiger partial charge in [0.05, 0.1) is 5.92 Å². The van der Waals surface area contributed by atoms with Gasteiger partial charge in [0.25, 0.3) is 0 Å². The molecule has 1 amide bonds. The number of amides is 1. The molecule has 1 atom stereocenters. The van der Waals surface area contributed by atoms with Gasteiger partial charge in [-0.25, -0.2) is 0 Å². The summed E-state index contributed by atoms with van der Waals surface area (Å²) in [7, 11) is 0. The van der Waals surface area contributed by atoms with Crippen LogP contribution >= 0.6 is 0 Å². The number of carbonyl (C=O) groups is 2. The molecule has 3 rings (SSSR count). The number of carbonyl (C=O) groups excluding carboxylic acids is 1. The Labute approximate surface area is 135 Å². The molecule has 1 heterocycles. The van der Waals surface area contributed by atoms with Crippen LogP contribution in [0.4, 0.5) is 5.69 Å². The van der Waals surface area contributed by atoms with Gasteiger partial charge in [0.15, 0.2) is 0 Å². The molecular weight excluding hydrogens is 290 g/mol. The lowest BCUT2D eigenvalue weighted by Gasteiger charge is -2.17. The molecule has 0 aliphatic carbocycles. The standard InChI is InChI=1S/C19H19NO3/c1-12-3-4-13(2)17(9-12)14-5-7-16(8-6-14)20-11-15(19(22)23)10-18(20)21/h3-9,15H,10-11H2,1-2H3,(H,22,23). The van der Waals surface area contributed by atoms with Crippen LogP contribution in [0.5, 0.6) is 0 Å². The topological polar surface area (TPSA) is 57.6 Å². The molecular formula is C19H19NO3. The van der Waals surface area contributed by atoms with Crippen molar-refractivity contribution >= 4 is 17.6 Å². The van der Waals surface area contributed by atoms with Crippen molar-refractivity contribution in [2.45, 2.75) is 20.3 Å². The third-order valence-electron chi connectivity index (χ3n) is 4.36. The summed E-state index contributed by atoms with van der Waals surface area (Å²) >= 11 is 0. The minimum atomic E-state index is -0.909. The van der Waals surface area contributed by atoms with Gasteiger partial charge in [-0.3, -0.25) is 9.59 Å². The Morgan fingerprint density at radius 1 is 1.13 bits per heavy atom. The van der Waals surface area contributed by atoms with E-state index in [0.29, 0.717) is 0 Å². The Balaban J connectivity index is 1.87. The molecule has 1 saturated heterocycles. The summed E-state index contributed by atoms with van der Waals surface area (Å²) in [4.78, 5) is 24.6. The van der Waals surface area contributed by atoms with Crippen LogP contribution in [0.3, 0.4) is 0 Å². The maximum atomic E-state index is 12.0. The Morgan fingerprint density at radius 2 is 1.83 bits per heavy atom. The Bertz CT molecular complexity index is 765. The lowest BCUT2D eigenvalue weighted by molar-refractivity contribution is -0.141. The molecule has 0 radical (unpaired) electrons. The number of hydrogen-bond acceptors (Lipinski definition) is 2. The summed E-state index contributed by atoms with van der Waals surface area (Å²) < 4.78 is 0. The van der Waals surface area contributed by atoms with Gasteiger partial charge in [-0.05, 0) is 42.7 Å². The fourth-order valence-electron chi connectivity index (χ4n) is 2.99. The monoisotopic (exact) mass is 309 g/mol. The fraction of sp³-hybridized carbons (Fsp3) is 0.263. The van der Waals surface area contributed by atoms with Gasteiger partial charge >= 0.3 is 5.97 Å². The van der Waals surface area contributed by atoms with Crippen molar-refractivity contribution in [3.63, 3.8) is 0 Å². The number of carboxylic acids is 1. The first-order valence-electron chi connectivity index (χ1n) is 7.66. The average Bonchev–Trinajstić information content (AvgIpc) is 2.92. The summed E-state index contributed by atoms with van der Waals surface area (Å²) in [6, 6.07) is 14.1. The summed E-state index contributed by atoms with van der Waals surface area (Å²) in [6.07, 6.45) is 0.0775. The number of carboxylic acid groups (broad SMARTS) is 1. The second-order valence-electron chi connectivity index (χ2n) is 6.11. The van der Waals surface area contributed by atoms with Crippen molar-refractivity contribution < 1.29 is 14.7 Å². The zero-order valence-electron chi connectivity index (χ0n) is 13.2. The quantitative estimate of drug-likeness (QED) is 0.945. The first-order chi connectivity index (χ1) is 11.0. The van der Waals surface area contributed by atoms with E-state index in [4.69, 9.17) is 5.11 Å². The molecule has 4 heteroatoms. The smallest absolute Gasteiger partial charge is 0.308 e. The minimum Gasteiger partial charge on any atom is -0.481 e. The van der Waals surface area contributed by atoms with E-state index in [0.717, 1.165) is 11.3 Å². The summed E-state index contributed by atoms with van der Waals surface area (Å²) in [5.74, 6) is -1.65. The number of rotatable bonds is 3. The van der Waals surface area contributed by atoms with E-state index in [1.807, 2.05) is 24.3 Å². The van der Waals surface area contributed by atoms with E-state index < -0.39 is 11.9 Å². The lowest BCUT2D eigenvalue weighted by atomic mass is 9.98. The zero-order valence-corrected chi connectivity index (χ0v) is 13.2. The normalized spacial score (nSPS) is 17.6. The van der Waals surface area contributed by atoms with Gasteiger partial charge in [-0.1, -0.05) is 35.9 Å². The van der Waals surface area contributed by atoms with Crippen LogP contribution in [0.15, 0.2) is 42.5 Å². The van der Waals surface area contributed by atoms with Crippen LogP contribution in [0.25, 0.3) is 11.1 Å². The first-order valence-corrected chi connectivity index (χ1v) is 7.66. The number of benzene rings is 2. The fourth-order valence-corrected chi connectivity index (χ4v) is 2.99. The Kier molecular flexibility index (Phi) is 3.90. The van der Waals surface area contributed by atoms with E-state index in [9.17, 15) is 9.59 Å². The summed E-state index contributed by atoms with van der Waals surface area (Å²) in [6.45, 7) is 4.38. The Morgan fingerprint density at radius 3 is 2.43 bits per heavy atom. The number of anilines is 1. The maximum Gasteiger partial charge on any atom is 0.308 e. The van der Waals surface area contributed by atoms with Crippen molar-refractivity contribution in [2.24, 2.45) is 5.92 Å². The first kappa shape index (κ1) is 15.3. The van der Waals surface area contributed by atoms with Crippen molar-refractivity contribution in [1.29, 1.82) is 0 Å². The molecule has 4 nitrogen and oxygen atoms in total. The second-order valence-corrected chi connectivity index (χ2v) is 6.11. The second kappa shape index (κ2) is 5.88. The molecule has 1 unspecified atom stereocenters. The highest BCUT2D eigenvalue weighted by Crippen LogP contribution is 2.29. The molecule has 1 fully saturated rings. The molecule has 2 aromatic carbocycles. The van der Waals surface area contributed by atoms with Gasteiger partial charge in [-0.2, -0.15) is 0 Å². The molecule has 1 aliphatic heterocycles. The minimum absolute atomic E-state index is 0.0775. The van der Waals surface area contributed by atoms with Crippen LogP contribution in [0.2, 0.25) is 0 Å². The van der Waals surface area contributed by atoms with E-state index in [1.54, 1.807) is 4.90 Å². The molecule has 118 valence electrons. The van der Waals surface area contributed by atoms with Crippen molar-refractivity contribution in [3.8, 4) is 11.1 Å². The maximum absolute atomic E-state index is 12.0. The Hall–Kier alpha value is -2.62. The predicted octanol–water partition coefficient (Wildman–Crippen LogP) is 3.41. The van der Waals surface area contributed by atoms with E-state index >= 15 is 0 Å². The van der Waals surface area contributed by atoms with Crippen molar-refractivity contribution in [3.05, 3.63) is 53.6 Å². The van der Waals surface area contributed by atoms with Crippen LogP contribution in [-0.2, 0) is 9.59 Å². The molecule has 0 bridgehead atoms. The highest BCUT2D eigenvalue weighted by molar-refractivity contribution is 5.99. The van der Waals surface area contributed by atoms with Gasteiger partial charge in [-0.15, -0.1) is 0 Å². The molecule has 0 aromatic heterocycles. The molecule has 2 aromatic rings. The highest BCUT2D eigenvalue weighted by atomic mass is 16.4. The SMILES string of the molecule is Cc1ccc(C)c(-c2ccc(N3CC(C(=O)O)CC3=O)cc2)c1. The molecule has 1 aliphatic rings. The lowest BCUT2D eigenvalue weighted by Crippen LogP contribution is -2.25. The molecule has 0 saturated carbocycles. The van der Waals surface area contributed by atoms with Crippen molar-refractivity contribution in [2.75, 3.05) is 11.4 Å². The number of aryl methyl sites for hydroxylation is 2. The molecule has 1 N–H and O–H groups in total. The number of aliphatic carboxylic acids is 1. The van der Waals surface area contributed by atoms with Crippen LogP contribution in [0.1, 0.15) is 17.5 Å². The third-order valence-corrected chi connectivity index (χ3v) is 4.36. The van der Waals surface area contributed by atoms with Crippen LogP contribution < -0.4 is 4.90 Å². The van der Waals surface area contributed by atoms with Crippen molar-refractivity contribution in [1.82, 2.24) is 0 Å². The largest absolute Gasteiger partial charge is 0.481 e. The average molecular weight is 309 g/mol.